The average Bonchev–Trinajstić information content (AvgIpc) is 3.06. The van der Waals surface area contributed by atoms with Gasteiger partial charge in [-0.3, -0.25) is 4.79 Å². The van der Waals surface area contributed by atoms with Crippen LogP contribution in [0.3, 0.4) is 0 Å². The van der Waals surface area contributed by atoms with E-state index in [2.05, 4.69) is 5.32 Å². The van der Waals surface area contributed by atoms with Crippen molar-refractivity contribution in [3.63, 3.8) is 0 Å². The molecule has 1 fully saturated rings. The van der Waals surface area contributed by atoms with Crippen LogP contribution in [0.15, 0.2) is 18.2 Å². The van der Waals surface area contributed by atoms with E-state index >= 15 is 0 Å². The topological polar surface area (TPSA) is 75.4 Å². The van der Waals surface area contributed by atoms with Crippen molar-refractivity contribution in [1.29, 1.82) is 0 Å². The molecule has 0 spiro atoms. The summed E-state index contributed by atoms with van der Waals surface area (Å²) < 4.78 is 0. The molecule has 4 N–H and O–H groups in total. The lowest BCUT2D eigenvalue weighted by atomic mass is 10.1. The van der Waals surface area contributed by atoms with E-state index in [0.29, 0.717) is 18.0 Å². The Bertz CT molecular complexity index is 427. The Labute approximate surface area is 101 Å². The third-order valence-corrected chi connectivity index (χ3v) is 3.14. The van der Waals surface area contributed by atoms with Crippen LogP contribution in [-0.2, 0) is 4.79 Å². The minimum absolute atomic E-state index is 0.0333. The van der Waals surface area contributed by atoms with Gasteiger partial charge in [0.05, 0.1) is 0 Å². The van der Waals surface area contributed by atoms with E-state index in [1.807, 2.05) is 6.92 Å². The van der Waals surface area contributed by atoms with Gasteiger partial charge in [0.2, 0.25) is 5.91 Å². The van der Waals surface area contributed by atoms with Crippen LogP contribution in [0.1, 0.15) is 24.8 Å². The number of carbonyl (C=O) groups is 1. The van der Waals surface area contributed by atoms with Gasteiger partial charge in [-0.05, 0) is 37.3 Å². The van der Waals surface area contributed by atoms with E-state index in [-0.39, 0.29) is 17.7 Å². The second-order valence-corrected chi connectivity index (χ2v) is 4.75. The fourth-order valence-electron chi connectivity index (χ4n) is 1.80. The van der Waals surface area contributed by atoms with Crippen LogP contribution in [0, 0.1) is 12.8 Å². The van der Waals surface area contributed by atoms with Crippen molar-refractivity contribution in [1.82, 2.24) is 0 Å². The number of phenols is 1. The lowest BCUT2D eigenvalue weighted by Gasteiger charge is -2.11. The second-order valence-electron chi connectivity index (χ2n) is 4.75. The standard InChI is InChI=1S/C13H18N2O2/c1-8-2-5-10(6-12(8)16)15-13(17)7-11(14)9-3-4-9/h2,5-6,9,11,16H,3-4,7,14H2,1H3,(H,15,17). The Morgan fingerprint density at radius 1 is 1.59 bits per heavy atom. The van der Waals surface area contributed by atoms with Crippen LogP contribution >= 0.6 is 0 Å². The number of nitrogens with one attached hydrogen (secondary N) is 1. The molecule has 4 nitrogen and oxygen atoms in total. The highest BCUT2D eigenvalue weighted by Gasteiger charge is 2.29. The largest absolute Gasteiger partial charge is 0.508 e. The van der Waals surface area contributed by atoms with Crippen LogP contribution in [-0.4, -0.2) is 17.1 Å². The number of nitrogens with two attached hydrogens (primary N) is 1. The molecule has 17 heavy (non-hydrogen) atoms. The maximum atomic E-state index is 11.7. The molecule has 1 unspecified atom stereocenters. The zero-order chi connectivity index (χ0) is 12.4. The quantitative estimate of drug-likeness (QED) is 0.743. The summed E-state index contributed by atoms with van der Waals surface area (Å²) in [5.74, 6) is 0.620. The first kappa shape index (κ1) is 11.9. The van der Waals surface area contributed by atoms with Crippen molar-refractivity contribution in [2.45, 2.75) is 32.2 Å². The molecule has 0 radical (unpaired) electrons. The maximum Gasteiger partial charge on any atom is 0.225 e. The first-order valence-electron chi connectivity index (χ1n) is 5.91. The fraction of sp³-hybridized carbons (Fsp3) is 0.462. The molecule has 0 bridgehead atoms. The highest BCUT2D eigenvalue weighted by atomic mass is 16.3. The Hall–Kier alpha value is -1.55. The smallest absolute Gasteiger partial charge is 0.225 e. The highest BCUT2D eigenvalue weighted by molar-refractivity contribution is 5.91. The summed E-state index contributed by atoms with van der Waals surface area (Å²) in [5, 5.41) is 12.3. The number of aromatic hydroxyl groups is 1. The zero-order valence-corrected chi connectivity index (χ0v) is 9.94. The SMILES string of the molecule is Cc1ccc(NC(=O)CC(N)C2CC2)cc1O. The van der Waals surface area contributed by atoms with Crippen molar-refractivity contribution in [3.05, 3.63) is 23.8 Å². The van der Waals surface area contributed by atoms with Crippen molar-refractivity contribution >= 4 is 11.6 Å². The van der Waals surface area contributed by atoms with Gasteiger partial charge >= 0.3 is 0 Å². The number of phenolic OH excluding ortho intramolecular Hbond substituents is 1. The summed E-state index contributed by atoms with van der Waals surface area (Å²) in [7, 11) is 0. The molecule has 1 aliphatic rings. The van der Waals surface area contributed by atoms with Gasteiger partial charge in [-0.2, -0.15) is 0 Å². The van der Waals surface area contributed by atoms with Crippen LogP contribution in [0.25, 0.3) is 0 Å². The summed E-state index contributed by atoms with van der Waals surface area (Å²) in [6.45, 7) is 1.81. The van der Waals surface area contributed by atoms with Gasteiger partial charge in [-0.15, -0.1) is 0 Å². The monoisotopic (exact) mass is 234 g/mol. The van der Waals surface area contributed by atoms with E-state index in [9.17, 15) is 9.90 Å². The van der Waals surface area contributed by atoms with Gasteiger partial charge in [-0.1, -0.05) is 6.07 Å². The Balaban J connectivity index is 1.90. The second kappa shape index (κ2) is 4.75. The summed E-state index contributed by atoms with van der Waals surface area (Å²) in [5.41, 5.74) is 7.28. The highest BCUT2D eigenvalue weighted by Crippen LogP contribution is 2.32. The van der Waals surface area contributed by atoms with Crippen molar-refractivity contribution in [2.75, 3.05) is 5.32 Å². The minimum Gasteiger partial charge on any atom is -0.508 e. The van der Waals surface area contributed by atoms with Crippen LogP contribution in [0.2, 0.25) is 0 Å². The van der Waals surface area contributed by atoms with Crippen LogP contribution in [0.4, 0.5) is 5.69 Å². The molecule has 1 saturated carbocycles. The first-order valence-corrected chi connectivity index (χ1v) is 5.91. The molecule has 4 heteroatoms. The predicted octanol–water partition coefficient (Wildman–Crippen LogP) is 1.77. The number of amides is 1. The summed E-state index contributed by atoms with van der Waals surface area (Å²) >= 11 is 0. The van der Waals surface area contributed by atoms with Crippen molar-refractivity contribution in [2.24, 2.45) is 11.7 Å². The van der Waals surface area contributed by atoms with Gasteiger partial charge in [0.25, 0.3) is 0 Å². The zero-order valence-electron chi connectivity index (χ0n) is 9.94. The number of aryl methyl sites for hydroxylation is 1. The lowest BCUT2D eigenvalue weighted by molar-refractivity contribution is -0.116. The summed E-state index contributed by atoms with van der Waals surface area (Å²) in [6, 6.07) is 5.06. The number of hydrogen-bond acceptors (Lipinski definition) is 3. The fourth-order valence-corrected chi connectivity index (χ4v) is 1.80. The molecule has 0 saturated heterocycles. The van der Waals surface area contributed by atoms with E-state index in [1.165, 1.54) is 0 Å². The third kappa shape index (κ3) is 3.20. The number of hydrogen-bond donors (Lipinski definition) is 3. The van der Waals surface area contributed by atoms with Crippen molar-refractivity contribution in [3.8, 4) is 5.75 Å². The first-order chi connectivity index (χ1) is 8.06. The third-order valence-electron chi connectivity index (χ3n) is 3.14. The minimum atomic E-state index is -0.0901. The Kier molecular flexibility index (Phi) is 3.33. The molecule has 1 aliphatic carbocycles. The molecule has 1 aromatic rings. The number of anilines is 1. The van der Waals surface area contributed by atoms with Gasteiger partial charge in [-0.25, -0.2) is 0 Å². The molecule has 1 atom stereocenters. The van der Waals surface area contributed by atoms with Gasteiger partial charge in [0, 0.05) is 24.2 Å². The predicted molar refractivity (Wildman–Crippen MR) is 66.8 cm³/mol. The lowest BCUT2D eigenvalue weighted by Crippen LogP contribution is -2.28. The molecule has 0 aromatic heterocycles. The van der Waals surface area contributed by atoms with Gasteiger partial charge in [0.15, 0.2) is 0 Å². The average molecular weight is 234 g/mol. The van der Waals surface area contributed by atoms with Gasteiger partial charge < -0.3 is 16.2 Å². The summed E-state index contributed by atoms with van der Waals surface area (Å²) in [4.78, 5) is 11.7. The van der Waals surface area contributed by atoms with Crippen LogP contribution in [0.5, 0.6) is 5.75 Å². The van der Waals surface area contributed by atoms with Crippen LogP contribution < -0.4 is 11.1 Å². The molecule has 1 aromatic carbocycles. The normalized spacial score (nSPS) is 16.6. The molecule has 92 valence electrons. The molecule has 0 heterocycles. The number of rotatable bonds is 4. The van der Waals surface area contributed by atoms with E-state index < -0.39 is 0 Å². The van der Waals surface area contributed by atoms with E-state index in [4.69, 9.17) is 5.73 Å². The summed E-state index contributed by atoms with van der Waals surface area (Å²) in [6.07, 6.45) is 2.62. The molecule has 2 rings (SSSR count). The molecule has 0 aliphatic heterocycles. The van der Waals surface area contributed by atoms with E-state index in [1.54, 1.807) is 18.2 Å². The molecular formula is C13H18N2O2. The Morgan fingerprint density at radius 3 is 2.88 bits per heavy atom. The number of carbonyl (C=O) groups excluding carboxylic acids is 1. The van der Waals surface area contributed by atoms with Crippen molar-refractivity contribution < 1.29 is 9.90 Å². The molecular weight excluding hydrogens is 216 g/mol. The van der Waals surface area contributed by atoms with Gasteiger partial charge in [0.1, 0.15) is 5.75 Å². The maximum absolute atomic E-state index is 11.7. The number of benzene rings is 1. The molecule has 1 amide bonds. The van der Waals surface area contributed by atoms with E-state index in [0.717, 1.165) is 18.4 Å². The Morgan fingerprint density at radius 2 is 2.29 bits per heavy atom.